The molecule has 2 aliphatic heterocycles. The Morgan fingerprint density at radius 1 is 1.06 bits per heavy atom. The molecule has 6 heteroatoms. The molecule has 0 spiro atoms. The van der Waals surface area contributed by atoms with Crippen molar-refractivity contribution >= 4 is 40.2 Å². The molecular weight excluding hydrogens is 414 g/mol. The summed E-state index contributed by atoms with van der Waals surface area (Å²) < 4.78 is 4.82. The number of fused-ring (bicyclic) bond motifs is 2. The number of nitrogens with one attached hydrogen (secondary N) is 2. The molecule has 0 radical (unpaired) electrons. The molecule has 0 unspecified atom stereocenters. The van der Waals surface area contributed by atoms with Gasteiger partial charge in [0.25, 0.3) is 5.91 Å². The zero-order valence-electron chi connectivity index (χ0n) is 18.6. The summed E-state index contributed by atoms with van der Waals surface area (Å²) in [4.78, 5) is 27.4. The molecule has 3 aromatic rings. The van der Waals surface area contributed by atoms with Gasteiger partial charge in [-0.3, -0.25) is 4.79 Å². The van der Waals surface area contributed by atoms with E-state index in [1.54, 1.807) is 18.2 Å². The maximum Gasteiger partial charge on any atom is 0.337 e. The van der Waals surface area contributed by atoms with E-state index in [-0.39, 0.29) is 5.91 Å². The molecule has 2 N–H and O–H groups in total. The number of nitrogens with zero attached hydrogens (tertiary/aromatic N) is 1. The third-order valence-corrected chi connectivity index (χ3v) is 6.22. The molecule has 6 nitrogen and oxygen atoms in total. The van der Waals surface area contributed by atoms with E-state index >= 15 is 0 Å². The van der Waals surface area contributed by atoms with E-state index in [9.17, 15) is 9.59 Å². The first-order valence-corrected chi connectivity index (χ1v) is 11.1. The highest BCUT2D eigenvalue weighted by Gasteiger charge is 2.29. The average molecular weight is 440 g/mol. The molecular formula is C27H25N3O3. The van der Waals surface area contributed by atoms with Crippen molar-refractivity contribution in [3.05, 3.63) is 89.0 Å². The lowest BCUT2D eigenvalue weighted by Gasteiger charge is -2.18. The number of esters is 1. The number of likely N-dealkylation sites (N-methyl/N-ethyl adjacent to an activating group) is 1. The van der Waals surface area contributed by atoms with Crippen LogP contribution in [0.25, 0.3) is 11.3 Å². The van der Waals surface area contributed by atoms with Gasteiger partial charge in [-0.15, -0.1) is 0 Å². The van der Waals surface area contributed by atoms with Gasteiger partial charge >= 0.3 is 5.97 Å². The van der Waals surface area contributed by atoms with Crippen molar-refractivity contribution in [3.63, 3.8) is 0 Å². The van der Waals surface area contributed by atoms with Crippen LogP contribution in [0.3, 0.4) is 0 Å². The van der Waals surface area contributed by atoms with Crippen molar-refractivity contribution in [1.29, 1.82) is 0 Å². The summed E-state index contributed by atoms with van der Waals surface area (Å²) in [6.07, 6.45) is 1.01. The van der Waals surface area contributed by atoms with Gasteiger partial charge in [-0.2, -0.15) is 0 Å². The van der Waals surface area contributed by atoms with Crippen LogP contribution < -0.4 is 15.5 Å². The normalized spacial score (nSPS) is 15.6. The first-order chi connectivity index (χ1) is 16.1. The third-order valence-electron chi connectivity index (χ3n) is 6.22. The standard InChI is InChI=1S/C27H25N3O3/c1-3-30-14-13-18-15-20(10-12-23(18)30)28-25(17-7-5-4-6-8-17)24-21-11-9-19(27(32)33-2)16-22(21)29-26(24)31/h4-12,15-16,28H,3,13-14H2,1-2H3,(H,29,31)/b25-24-. The molecule has 1 amide bonds. The first-order valence-electron chi connectivity index (χ1n) is 11.1. The van der Waals surface area contributed by atoms with Gasteiger partial charge in [-0.05, 0) is 54.8 Å². The zero-order valence-corrected chi connectivity index (χ0v) is 18.6. The number of hydrogen-bond donors (Lipinski definition) is 2. The van der Waals surface area contributed by atoms with E-state index in [1.165, 1.54) is 18.4 Å². The molecule has 33 heavy (non-hydrogen) atoms. The van der Waals surface area contributed by atoms with Crippen LogP contribution in [0.5, 0.6) is 0 Å². The number of methoxy groups -OCH3 is 1. The number of rotatable bonds is 5. The number of ether oxygens (including phenoxy) is 1. The molecule has 0 saturated carbocycles. The molecule has 5 rings (SSSR count). The van der Waals surface area contributed by atoms with E-state index in [0.29, 0.717) is 16.8 Å². The molecule has 3 aromatic carbocycles. The Kier molecular flexibility index (Phi) is 5.34. The Hall–Kier alpha value is -4.06. The van der Waals surface area contributed by atoms with Crippen LogP contribution in [-0.4, -0.2) is 32.1 Å². The number of carbonyl (C=O) groups is 2. The summed E-state index contributed by atoms with van der Waals surface area (Å²) in [6, 6.07) is 21.3. The maximum absolute atomic E-state index is 13.1. The molecule has 0 aliphatic carbocycles. The largest absolute Gasteiger partial charge is 0.465 e. The van der Waals surface area contributed by atoms with Crippen molar-refractivity contribution < 1.29 is 14.3 Å². The second-order valence-corrected chi connectivity index (χ2v) is 8.12. The van der Waals surface area contributed by atoms with Crippen LogP contribution in [-0.2, 0) is 16.0 Å². The summed E-state index contributed by atoms with van der Waals surface area (Å²) in [7, 11) is 1.34. The van der Waals surface area contributed by atoms with Crippen molar-refractivity contribution in [2.24, 2.45) is 0 Å². The van der Waals surface area contributed by atoms with E-state index in [4.69, 9.17) is 4.74 Å². The van der Waals surface area contributed by atoms with Gasteiger partial charge in [0.15, 0.2) is 0 Å². The van der Waals surface area contributed by atoms with Gasteiger partial charge in [0.2, 0.25) is 0 Å². The number of carbonyl (C=O) groups excluding carboxylic acids is 2. The van der Waals surface area contributed by atoms with E-state index < -0.39 is 5.97 Å². The van der Waals surface area contributed by atoms with Crippen LogP contribution in [0.15, 0.2) is 66.7 Å². The molecule has 0 saturated heterocycles. The quantitative estimate of drug-likeness (QED) is 0.442. The summed E-state index contributed by atoms with van der Waals surface area (Å²) in [5.41, 5.74) is 7.43. The minimum Gasteiger partial charge on any atom is -0.465 e. The minimum atomic E-state index is -0.440. The Labute approximate surface area is 192 Å². The Morgan fingerprint density at radius 2 is 1.88 bits per heavy atom. The van der Waals surface area contributed by atoms with Crippen LogP contribution in [0.4, 0.5) is 17.1 Å². The maximum atomic E-state index is 13.1. The van der Waals surface area contributed by atoms with Crippen molar-refractivity contribution in [2.75, 3.05) is 35.7 Å². The summed E-state index contributed by atoms with van der Waals surface area (Å²) in [6.45, 7) is 4.19. The third kappa shape index (κ3) is 3.74. The highest BCUT2D eigenvalue weighted by molar-refractivity contribution is 6.37. The second kappa shape index (κ2) is 8.47. The highest BCUT2D eigenvalue weighted by Crippen LogP contribution is 2.39. The lowest BCUT2D eigenvalue weighted by Crippen LogP contribution is -2.19. The fourth-order valence-electron chi connectivity index (χ4n) is 4.57. The van der Waals surface area contributed by atoms with Gasteiger partial charge in [-0.25, -0.2) is 4.79 Å². The number of anilines is 3. The molecule has 2 heterocycles. The van der Waals surface area contributed by atoms with Crippen LogP contribution in [0.1, 0.15) is 34.0 Å². The SMILES string of the molecule is CCN1CCc2cc(N/C(=C3\C(=O)Nc4cc(C(=O)OC)ccc43)c3ccccc3)ccc21. The van der Waals surface area contributed by atoms with Gasteiger partial charge in [0, 0.05) is 30.0 Å². The van der Waals surface area contributed by atoms with Gasteiger partial charge in [0.1, 0.15) is 0 Å². The zero-order chi connectivity index (χ0) is 22.9. The second-order valence-electron chi connectivity index (χ2n) is 8.12. The minimum absolute atomic E-state index is 0.211. The van der Waals surface area contributed by atoms with Gasteiger partial charge < -0.3 is 20.3 Å². The summed E-state index contributed by atoms with van der Waals surface area (Å²) >= 11 is 0. The molecule has 0 aromatic heterocycles. The molecule has 0 atom stereocenters. The first kappa shape index (κ1) is 20.8. The molecule has 166 valence electrons. The number of hydrogen-bond acceptors (Lipinski definition) is 5. The van der Waals surface area contributed by atoms with E-state index in [1.807, 2.05) is 30.3 Å². The predicted molar refractivity (Wildman–Crippen MR) is 131 cm³/mol. The average Bonchev–Trinajstić information content (AvgIpc) is 3.41. The van der Waals surface area contributed by atoms with Crippen LogP contribution in [0, 0.1) is 0 Å². The van der Waals surface area contributed by atoms with E-state index in [0.717, 1.165) is 42.0 Å². The van der Waals surface area contributed by atoms with Crippen LogP contribution >= 0.6 is 0 Å². The van der Waals surface area contributed by atoms with E-state index in [2.05, 4.69) is 40.7 Å². The predicted octanol–water partition coefficient (Wildman–Crippen LogP) is 4.79. The molecule has 2 aliphatic rings. The lowest BCUT2D eigenvalue weighted by molar-refractivity contribution is -0.110. The fraction of sp³-hybridized carbons (Fsp3) is 0.185. The van der Waals surface area contributed by atoms with Crippen molar-refractivity contribution in [1.82, 2.24) is 0 Å². The monoisotopic (exact) mass is 439 g/mol. The van der Waals surface area contributed by atoms with Crippen molar-refractivity contribution in [3.8, 4) is 0 Å². The number of benzene rings is 3. The topological polar surface area (TPSA) is 70.7 Å². The molecule has 0 bridgehead atoms. The Balaban J connectivity index is 1.60. The number of amides is 1. The summed E-state index contributed by atoms with van der Waals surface area (Å²) in [5, 5.41) is 6.43. The van der Waals surface area contributed by atoms with Crippen molar-refractivity contribution in [2.45, 2.75) is 13.3 Å². The Morgan fingerprint density at radius 3 is 2.64 bits per heavy atom. The highest BCUT2D eigenvalue weighted by atomic mass is 16.5. The van der Waals surface area contributed by atoms with Gasteiger partial charge in [0.05, 0.1) is 29.6 Å². The lowest BCUT2D eigenvalue weighted by atomic mass is 9.99. The smallest absolute Gasteiger partial charge is 0.337 e. The van der Waals surface area contributed by atoms with Crippen LogP contribution in [0.2, 0.25) is 0 Å². The van der Waals surface area contributed by atoms with Gasteiger partial charge in [-0.1, -0.05) is 36.4 Å². The molecule has 0 fully saturated rings. The Bertz CT molecular complexity index is 1280. The fourth-order valence-corrected chi connectivity index (χ4v) is 4.57. The summed E-state index contributed by atoms with van der Waals surface area (Å²) in [5.74, 6) is -0.651.